The van der Waals surface area contributed by atoms with E-state index in [0.717, 1.165) is 0 Å². The molecule has 1 fully saturated rings. The second kappa shape index (κ2) is 8.68. The van der Waals surface area contributed by atoms with Crippen LogP contribution in [0.5, 0.6) is 0 Å². The van der Waals surface area contributed by atoms with E-state index in [1.165, 1.54) is 18.2 Å². The van der Waals surface area contributed by atoms with Crippen LogP contribution in [0.3, 0.4) is 0 Å². The number of ketones is 1. The molecule has 0 saturated carbocycles. The molecule has 0 aromatic rings. The Morgan fingerprint density at radius 1 is 1.25 bits per heavy atom. The van der Waals surface area contributed by atoms with Gasteiger partial charge in [-0.25, -0.2) is 0 Å². The number of rotatable bonds is 6. The van der Waals surface area contributed by atoms with Crippen molar-refractivity contribution in [3.05, 3.63) is 23.8 Å². The summed E-state index contributed by atoms with van der Waals surface area (Å²) in [5, 5.41) is 59.6. The van der Waals surface area contributed by atoms with Crippen molar-refractivity contribution in [3.63, 3.8) is 0 Å². The standard InChI is InChI=1S/C19H30O9/c1-10(27-17-16(25)15(24)14(23)13(9-21)28-17)4-5-19(26)11(8-20)6-12(22)7-18(19,2)3/h4-6,10,13-17,20-21,23-26H,7-9H2,1-3H3/b5-4+. The second-order valence-electron chi connectivity index (χ2n) is 8.02. The molecule has 2 rings (SSSR count). The summed E-state index contributed by atoms with van der Waals surface area (Å²) < 4.78 is 10.8. The van der Waals surface area contributed by atoms with Crippen molar-refractivity contribution >= 4 is 5.78 Å². The molecule has 160 valence electrons. The van der Waals surface area contributed by atoms with Crippen LogP contribution in [0.1, 0.15) is 27.2 Å². The van der Waals surface area contributed by atoms with Crippen molar-refractivity contribution in [1.82, 2.24) is 0 Å². The topological polar surface area (TPSA) is 157 Å². The van der Waals surface area contributed by atoms with Gasteiger partial charge in [0, 0.05) is 11.8 Å². The molecule has 9 heteroatoms. The van der Waals surface area contributed by atoms with Gasteiger partial charge in [-0.1, -0.05) is 19.9 Å². The van der Waals surface area contributed by atoms with Gasteiger partial charge in [-0.3, -0.25) is 4.79 Å². The Bertz CT molecular complexity index is 627. The first-order chi connectivity index (χ1) is 13.0. The van der Waals surface area contributed by atoms with Gasteiger partial charge in [0.15, 0.2) is 12.1 Å². The highest BCUT2D eigenvalue weighted by atomic mass is 16.7. The summed E-state index contributed by atoms with van der Waals surface area (Å²) in [5.74, 6) is -0.183. The zero-order chi connectivity index (χ0) is 21.3. The minimum Gasteiger partial charge on any atom is -0.394 e. The average molecular weight is 402 g/mol. The molecule has 2 aliphatic rings. The molecule has 0 amide bonds. The Hall–Kier alpha value is -1.17. The Morgan fingerprint density at radius 3 is 2.46 bits per heavy atom. The van der Waals surface area contributed by atoms with Gasteiger partial charge < -0.3 is 40.1 Å². The molecule has 1 saturated heterocycles. The molecule has 0 aromatic carbocycles. The summed E-state index contributed by atoms with van der Waals surface area (Å²) >= 11 is 0. The van der Waals surface area contributed by atoms with Crippen LogP contribution in [0.15, 0.2) is 23.8 Å². The van der Waals surface area contributed by atoms with E-state index in [-0.39, 0.29) is 17.8 Å². The van der Waals surface area contributed by atoms with Crippen molar-refractivity contribution in [1.29, 1.82) is 0 Å². The summed E-state index contributed by atoms with van der Waals surface area (Å²) in [7, 11) is 0. The van der Waals surface area contributed by atoms with Crippen LogP contribution < -0.4 is 0 Å². The number of carbonyl (C=O) groups excluding carboxylic acids is 1. The summed E-state index contributed by atoms with van der Waals surface area (Å²) in [6, 6.07) is 0. The highest BCUT2D eigenvalue weighted by molar-refractivity contribution is 5.93. The third-order valence-corrected chi connectivity index (χ3v) is 5.45. The summed E-state index contributed by atoms with van der Waals surface area (Å²) in [6.07, 6.45) is -3.43. The number of allylic oxidation sites excluding steroid dienone is 1. The Kier molecular flexibility index (Phi) is 7.17. The van der Waals surface area contributed by atoms with Gasteiger partial charge in [0.05, 0.1) is 19.3 Å². The third-order valence-electron chi connectivity index (χ3n) is 5.45. The lowest BCUT2D eigenvalue weighted by Gasteiger charge is -2.44. The highest BCUT2D eigenvalue weighted by Gasteiger charge is 2.48. The molecule has 0 aromatic heterocycles. The van der Waals surface area contributed by atoms with Crippen LogP contribution in [0.25, 0.3) is 0 Å². The predicted molar refractivity (Wildman–Crippen MR) is 97.0 cm³/mol. The fourth-order valence-electron chi connectivity index (χ4n) is 3.57. The van der Waals surface area contributed by atoms with E-state index in [2.05, 4.69) is 0 Å². The number of hydrogen-bond acceptors (Lipinski definition) is 9. The highest BCUT2D eigenvalue weighted by Crippen LogP contribution is 2.44. The first-order valence-corrected chi connectivity index (χ1v) is 9.19. The van der Waals surface area contributed by atoms with Gasteiger partial charge in [-0.2, -0.15) is 0 Å². The Balaban J connectivity index is 2.15. The van der Waals surface area contributed by atoms with E-state index >= 15 is 0 Å². The largest absolute Gasteiger partial charge is 0.394 e. The summed E-state index contributed by atoms with van der Waals surface area (Å²) in [6.45, 7) is 3.96. The molecule has 0 spiro atoms. The molecule has 1 heterocycles. The van der Waals surface area contributed by atoms with E-state index < -0.39 is 61.0 Å². The smallest absolute Gasteiger partial charge is 0.187 e. The van der Waals surface area contributed by atoms with E-state index in [0.29, 0.717) is 0 Å². The van der Waals surface area contributed by atoms with Crippen LogP contribution in [0.4, 0.5) is 0 Å². The van der Waals surface area contributed by atoms with E-state index in [1.54, 1.807) is 20.8 Å². The van der Waals surface area contributed by atoms with Crippen LogP contribution in [-0.2, 0) is 14.3 Å². The first-order valence-electron chi connectivity index (χ1n) is 9.19. The van der Waals surface area contributed by atoms with Gasteiger partial charge >= 0.3 is 0 Å². The SMILES string of the molecule is CC(/C=C/C1(O)C(CO)=CC(=O)CC1(C)C)OC1OC(CO)C(O)C(O)C1O. The van der Waals surface area contributed by atoms with Gasteiger partial charge in [-0.15, -0.1) is 0 Å². The maximum atomic E-state index is 11.8. The molecule has 6 N–H and O–H groups in total. The van der Waals surface area contributed by atoms with Crippen molar-refractivity contribution in [2.45, 2.75) is 69.6 Å². The zero-order valence-electron chi connectivity index (χ0n) is 16.2. The molecule has 1 aliphatic carbocycles. The predicted octanol–water partition coefficient (Wildman–Crippen LogP) is -1.60. The number of aliphatic hydroxyl groups excluding tert-OH is 5. The number of aliphatic hydroxyl groups is 6. The minimum atomic E-state index is -1.58. The van der Waals surface area contributed by atoms with E-state index in [9.17, 15) is 35.4 Å². The van der Waals surface area contributed by atoms with Gasteiger partial charge in [0.1, 0.15) is 30.0 Å². The minimum absolute atomic E-state index is 0.0965. The van der Waals surface area contributed by atoms with Crippen molar-refractivity contribution in [3.8, 4) is 0 Å². The van der Waals surface area contributed by atoms with E-state index in [4.69, 9.17) is 9.47 Å². The lowest BCUT2D eigenvalue weighted by atomic mass is 9.64. The second-order valence-corrected chi connectivity index (χ2v) is 8.02. The average Bonchev–Trinajstić information content (AvgIpc) is 2.63. The van der Waals surface area contributed by atoms with E-state index in [1.807, 2.05) is 0 Å². The van der Waals surface area contributed by atoms with Crippen molar-refractivity contribution < 1.29 is 44.9 Å². The van der Waals surface area contributed by atoms with Gasteiger partial charge in [0.2, 0.25) is 0 Å². The summed E-state index contributed by atoms with van der Waals surface area (Å²) in [4.78, 5) is 11.8. The van der Waals surface area contributed by atoms with Gasteiger partial charge in [-0.05, 0) is 24.6 Å². The molecule has 0 bridgehead atoms. The lowest BCUT2D eigenvalue weighted by Crippen LogP contribution is -2.59. The van der Waals surface area contributed by atoms with Crippen LogP contribution >= 0.6 is 0 Å². The Morgan fingerprint density at radius 2 is 1.89 bits per heavy atom. The Labute approximate surface area is 163 Å². The maximum absolute atomic E-state index is 11.8. The quantitative estimate of drug-likeness (QED) is 0.288. The van der Waals surface area contributed by atoms with Gasteiger partial charge in [0.25, 0.3) is 0 Å². The molecule has 0 radical (unpaired) electrons. The fourth-order valence-corrected chi connectivity index (χ4v) is 3.57. The molecule has 7 atom stereocenters. The maximum Gasteiger partial charge on any atom is 0.187 e. The van der Waals surface area contributed by atoms with Crippen LogP contribution in [-0.4, -0.2) is 92.0 Å². The monoisotopic (exact) mass is 402 g/mol. The number of ether oxygens (including phenoxy) is 2. The first kappa shape index (κ1) is 23.1. The molecule has 1 aliphatic heterocycles. The normalized spacial score (nSPS) is 39.8. The molecular weight excluding hydrogens is 372 g/mol. The van der Waals surface area contributed by atoms with Crippen molar-refractivity contribution in [2.24, 2.45) is 5.41 Å². The number of hydrogen-bond donors (Lipinski definition) is 6. The summed E-state index contributed by atoms with van der Waals surface area (Å²) in [5.41, 5.74) is -2.27. The lowest BCUT2D eigenvalue weighted by molar-refractivity contribution is -0.306. The van der Waals surface area contributed by atoms with Crippen molar-refractivity contribution in [2.75, 3.05) is 13.2 Å². The fraction of sp³-hybridized carbons (Fsp3) is 0.737. The van der Waals surface area contributed by atoms with Crippen LogP contribution in [0.2, 0.25) is 0 Å². The third kappa shape index (κ3) is 4.37. The van der Waals surface area contributed by atoms with Crippen LogP contribution in [0, 0.1) is 5.41 Å². The molecular formula is C19H30O9. The molecule has 9 nitrogen and oxygen atoms in total. The zero-order valence-corrected chi connectivity index (χ0v) is 16.2. The molecule has 7 unspecified atom stereocenters. The number of carbonyl (C=O) groups is 1. The molecule has 28 heavy (non-hydrogen) atoms.